The molecule has 0 saturated carbocycles. The number of nitrogens with one attached hydrogen (secondary N) is 1. The number of nitrogens with zero attached hydrogens (tertiary/aromatic N) is 1. The first-order valence-corrected chi connectivity index (χ1v) is 5.55. The van der Waals surface area contributed by atoms with E-state index in [-0.39, 0.29) is 17.7 Å². The van der Waals surface area contributed by atoms with Crippen molar-refractivity contribution in [2.75, 3.05) is 5.33 Å². The van der Waals surface area contributed by atoms with E-state index in [1.165, 1.54) is 0 Å². The smallest absolute Gasteiger partial charge is 0.290 e. The lowest BCUT2D eigenvalue weighted by Gasteiger charge is -2.09. The molecule has 4 nitrogen and oxygen atoms in total. The molecule has 0 fully saturated rings. The molecule has 0 radical (unpaired) electrons. The molecule has 0 aromatic carbocycles. The fourth-order valence-electron chi connectivity index (χ4n) is 1.00. The van der Waals surface area contributed by atoms with Crippen LogP contribution in [0.3, 0.4) is 0 Å². The third-order valence-corrected chi connectivity index (χ3v) is 2.23. The number of rotatable bonds is 4. The molecule has 0 aliphatic carbocycles. The van der Waals surface area contributed by atoms with E-state index < -0.39 is 0 Å². The number of aryl methyl sites for hydroxylation is 1. The van der Waals surface area contributed by atoms with E-state index in [2.05, 4.69) is 26.4 Å². The molecule has 0 saturated heterocycles. The lowest BCUT2D eigenvalue weighted by molar-refractivity contribution is 0.0902. The topological polar surface area (TPSA) is 55.1 Å². The minimum Gasteiger partial charge on any atom is -0.351 e. The fraction of sp³-hybridized carbons (Fsp3) is 0.556. The van der Waals surface area contributed by atoms with Gasteiger partial charge in [0.25, 0.3) is 5.91 Å². The van der Waals surface area contributed by atoms with Crippen LogP contribution in [0, 0.1) is 6.92 Å². The summed E-state index contributed by atoms with van der Waals surface area (Å²) >= 11 is 3.31. The molecule has 78 valence electrons. The Morgan fingerprint density at radius 3 is 3.00 bits per heavy atom. The van der Waals surface area contributed by atoms with E-state index in [1.807, 2.05) is 6.92 Å². The van der Waals surface area contributed by atoms with Gasteiger partial charge in [0.05, 0.1) is 5.69 Å². The van der Waals surface area contributed by atoms with E-state index in [0.717, 1.165) is 11.8 Å². The van der Waals surface area contributed by atoms with Gasteiger partial charge in [-0.2, -0.15) is 0 Å². The van der Waals surface area contributed by atoms with Crippen LogP contribution in [0.1, 0.15) is 29.6 Å². The van der Waals surface area contributed by atoms with Crippen LogP contribution < -0.4 is 5.32 Å². The van der Waals surface area contributed by atoms with Crippen molar-refractivity contribution >= 4 is 21.8 Å². The Hall–Kier alpha value is -0.840. The van der Waals surface area contributed by atoms with Crippen molar-refractivity contribution in [1.29, 1.82) is 0 Å². The van der Waals surface area contributed by atoms with Gasteiger partial charge in [-0.1, -0.05) is 21.1 Å². The fourth-order valence-corrected chi connectivity index (χ4v) is 1.69. The van der Waals surface area contributed by atoms with Gasteiger partial charge in [-0.25, -0.2) is 0 Å². The van der Waals surface area contributed by atoms with Crippen molar-refractivity contribution in [1.82, 2.24) is 10.5 Å². The number of hydrogen-bond acceptors (Lipinski definition) is 3. The lowest BCUT2D eigenvalue weighted by atomic mass is 10.2. The highest BCUT2D eigenvalue weighted by atomic mass is 79.9. The molecule has 1 aromatic heterocycles. The molecule has 0 bridgehead atoms. The van der Waals surface area contributed by atoms with Crippen LogP contribution >= 0.6 is 15.9 Å². The van der Waals surface area contributed by atoms with Crippen LogP contribution in [-0.4, -0.2) is 22.4 Å². The van der Waals surface area contributed by atoms with Gasteiger partial charge >= 0.3 is 0 Å². The highest BCUT2D eigenvalue weighted by molar-refractivity contribution is 9.09. The number of halogens is 1. The average molecular weight is 261 g/mol. The lowest BCUT2D eigenvalue weighted by Crippen LogP contribution is -2.32. The number of aromatic nitrogens is 1. The van der Waals surface area contributed by atoms with Crippen molar-refractivity contribution in [2.45, 2.75) is 26.3 Å². The number of carbonyl (C=O) groups is 1. The summed E-state index contributed by atoms with van der Waals surface area (Å²) in [5.74, 6) is 0.0583. The Morgan fingerprint density at radius 2 is 2.50 bits per heavy atom. The van der Waals surface area contributed by atoms with Gasteiger partial charge < -0.3 is 9.84 Å². The number of carbonyl (C=O) groups excluding carboxylic acids is 1. The summed E-state index contributed by atoms with van der Waals surface area (Å²) in [5, 5.41) is 7.32. The number of alkyl halides is 1. The zero-order chi connectivity index (χ0) is 10.6. The third kappa shape index (κ3) is 3.14. The Kier molecular flexibility index (Phi) is 4.13. The first kappa shape index (κ1) is 11.2. The largest absolute Gasteiger partial charge is 0.351 e. The highest BCUT2D eigenvalue weighted by Crippen LogP contribution is 2.03. The van der Waals surface area contributed by atoms with Crippen LogP contribution in [0.4, 0.5) is 0 Å². The van der Waals surface area contributed by atoms with E-state index in [1.54, 1.807) is 13.0 Å². The van der Waals surface area contributed by atoms with Crippen LogP contribution in [0.15, 0.2) is 10.6 Å². The molecule has 1 rings (SSSR count). The van der Waals surface area contributed by atoms with Crippen LogP contribution in [0.2, 0.25) is 0 Å². The monoisotopic (exact) mass is 260 g/mol. The summed E-state index contributed by atoms with van der Waals surface area (Å²) < 4.78 is 4.83. The Labute approximate surface area is 91.2 Å². The molecule has 14 heavy (non-hydrogen) atoms. The summed E-state index contributed by atoms with van der Waals surface area (Å²) in [4.78, 5) is 11.5. The molecule has 1 unspecified atom stereocenters. The zero-order valence-corrected chi connectivity index (χ0v) is 9.80. The van der Waals surface area contributed by atoms with E-state index in [0.29, 0.717) is 5.69 Å². The first-order chi connectivity index (χ1) is 6.63. The molecule has 5 heteroatoms. The third-order valence-electron chi connectivity index (χ3n) is 1.77. The Bertz CT molecular complexity index is 312. The molecule has 1 aromatic rings. The summed E-state index contributed by atoms with van der Waals surface area (Å²) in [7, 11) is 0. The van der Waals surface area contributed by atoms with Crippen molar-refractivity contribution in [3.8, 4) is 0 Å². The Morgan fingerprint density at radius 1 is 1.79 bits per heavy atom. The molecule has 0 aliphatic heterocycles. The zero-order valence-electron chi connectivity index (χ0n) is 8.21. The average Bonchev–Trinajstić information content (AvgIpc) is 2.52. The van der Waals surface area contributed by atoms with Gasteiger partial charge in [0.2, 0.25) is 5.76 Å². The maximum atomic E-state index is 11.5. The van der Waals surface area contributed by atoms with Gasteiger partial charge in [0.1, 0.15) is 0 Å². The summed E-state index contributed by atoms with van der Waals surface area (Å²) in [5.41, 5.74) is 0.711. The standard InChI is InChI=1S/C9H13BrN2O2/c1-6(3-4-10)11-9(13)8-5-7(2)12-14-8/h5-6H,3-4H2,1-2H3,(H,11,13). The van der Waals surface area contributed by atoms with Crippen LogP contribution in [-0.2, 0) is 0 Å². The van der Waals surface area contributed by atoms with Crippen molar-refractivity contribution in [3.05, 3.63) is 17.5 Å². The molecule has 1 atom stereocenters. The number of amides is 1. The van der Waals surface area contributed by atoms with Crippen molar-refractivity contribution in [2.24, 2.45) is 0 Å². The Balaban J connectivity index is 2.50. The van der Waals surface area contributed by atoms with Gasteiger partial charge in [0.15, 0.2) is 0 Å². The van der Waals surface area contributed by atoms with E-state index in [9.17, 15) is 4.79 Å². The molecule has 1 N–H and O–H groups in total. The van der Waals surface area contributed by atoms with Crippen LogP contribution in [0.5, 0.6) is 0 Å². The van der Waals surface area contributed by atoms with Gasteiger partial charge in [-0.05, 0) is 20.3 Å². The molecular weight excluding hydrogens is 248 g/mol. The minimum absolute atomic E-state index is 0.132. The normalized spacial score (nSPS) is 12.5. The van der Waals surface area contributed by atoms with Gasteiger partial charge in [-0.15, -0.1) is 0 Å². The molecule has 0 spiro atoms. The summed E-state index contributed by atoms with van der Waals surface area (Å²) in [6, 6.07) is 1.75. The summed E-state index contributed by atoms with van der Waals surface area (Å²) in [6.45, 7) is 3.73. The quantitative estimate of drug-likeness (QED) is 0.842. The molecular formula is C9H13BrN2O2. The van der Waals surface area contributed by atoms with Crippen LogP contribution in [0.25, 0.3) is 0 Å². The second-order valence-electron chi connectivity index (χ2n) is 3.18. The second-order valence-corrected chi connectivity index (χ2v) is 3.98. The highest BCUT2D eigenvalue weighted by Gasteiger charge is 2.13. The summed E-state index contributed by atoms with van der Waals surface area (Å²) in [6.07, 6.45) is 0.888. The number of hydrogen-bond donors (Lipinski definition) is 1. The predicted molar refractivity (Wildman–Crippen MR) is 56.6 cm³/mol. The van der Waals surface area contributed by atoms with E-state index >= 15 is 0 Å². The molecule has 1 heterocycles. The first-order valence-electron chi connectivity index (χ1n) is 4.43. The van der Waals surface area contributed by atoms with Crippen molar-refractivity contribution < 1.29 is 9.32 Å². The minimum atomic E-state index is -0.209. The van der Waals surface area contributed by atoms with Crippen molar-refractivity contribution in [3.63, 3.8) is 0 Å². The second kappa shape index (κ2) is 5.14. The molecule has 0 aliphatic rings. The maximum Gasteiger partial charge on any atom is 0.290 e. The van der Waals surface area contributed by atoms with Gasteiger partial charge in [-0.3, -0.25) is 4.79 Å². The SMILES string of the molecule is Cc1cc(C(=O)NC(C)CCBr)on1. The molecule has 1 amide bonds. The van der Waals surface area contributed by atoms with Gasteiger partial charge in [0, 0.05) is 17.4 Å². The predicted octanol–water partition coefficient (Wildman–Crippen LogP) is 1.89. The maximum absolute atomic E-state index is 11.5. The van der Waals surface area contributed by atoms with E-state index in [4.69, 9.17) is 4.52 Å².